The number of aliphatic hydroxyl groups is 1. The van der Waals surface area contributed by atoms with Crippen molar-refractivity contribution in [2.45, 2.75) is 19.8 Å². The molecule has 0 aromatic heterocycles. The number of aliphatic hydroxyl groups excluding tert-OH is 1. The summed E-state index contributed by atoms with van der Waals surface area (Å²) in [5.41, 5.74) is 1.60. The number of ketones is 1. The van der Waals surface area contributed by atoms with Crippen molar-refractivity contribution < 1.29 is 14.1 Å². The van der Waals surface area contributed by atoms with Gasteiger partial charge in [0.2, 0.25) is 0 Å². The van der Waals surface area contributed by atoms with E-state index in [2.05, 4.69) is 11.9 Å². The van der Waals surface area contributed by atoms with Gasteiger partial charge in [0.25, 0.3) is 0 Å². The Labute approximate surface area is 115 Å². The summed E-state index contributed by atoms with van der Waals surface area (Å²) in [6.45, 7) is 5.70. The number of allylic oxidation sites excluding steroid dienone is 4. The lowest BCUT2D eigenvalue weighted by molar-refractivity contribution is -0.112. The third-order valence-corrected chi connectivity index (χ3v) is 2.88. The highest BCUT2D eigenvalue weighted by Gasteiger charge is 2.02. The van der Waals surface area contributed by atoms with E-state index in [1.807, 2.05) is 6.92 Å². The van der Waals surface area contributed by atoms with Gasteiger partial charge in [-0.15, -0.1) is 0 Å². The van der Waals surface area contributed by atoms with Crippen molar-refractivity contribution in [1.82, 2.24) is 5.32 Å². The van der Waals surface area contributed by atoms with Crippen LogP contribution in [0.2, 0.25) is 0 Å². The van der Waals surface area contributed by atoms with E-state index in [9.17, 15) is 9.00 Å². The molecule has 0 rings (SSSR count). The number of hydrogen-bond acceptors (Lipinski definition) is 4. The van der Waals surface area contributed by atoms with Crippen LogP contribution in [0, 0.1) is 0 Å². The molecule has 0 fully saturated rings. The maximum atomic E-state index is 11.5. The lowest BCUT2D eigenvalue weighted by Gasteiger charge is -2.08. The highest BCUT2D eigenvalue weighted by Crippen LogP contribution is 2.02. The molecule has 4 nitrogen and oxygen atoms in total. The van der Waals surface area contributed by atoms with Crippen LogP contribution in [0.1, 0.15) is 19.8 Å². The third-order valence-electron chi connectivity index (χ3n) is 2.05. The van der Waals surface area contributed by atoms with Gasteiger partial charge in [-0.25, -0.2) is 0 Å². The standard InChI is InChI=1S/C14H23NO3S/c1-12(7-5-6-10-16)15-13(2)8-9-14(17)11-19(3,4)18/h5-7,11,15-16H,2,8-10H2,1,3-4H3/b6-5-,12-7+. The van der Waals surface area contributed by atoms with Gasteiger partial charge in [0.1, 0.15) is 0 Å². The summed E-state index contributed by atoms with van der Waals surface area (Å²) in [7, 11) is -2.13. The van der Waals surface area contributed by atoms with Crippen molar-refractivity contribution in [2.24, 2.45) is 0 Å². The number of rotatable bonds is 8. The molecule has 19 heavy (non-hydrogen) atoms. The summed E-state index contributed by atoms with van der Waals surface area (Å²) < 4.78 is 11.4. The molecule has 0 radical (unpaired) electrons. The fraction of sp³-hybridized carbons (Fsp3) is 0.429. The second kappa shape index (κ2) is 8.72. The molecular weight excluding hydrogens is 262 g/mol. The first-order valence-electron chi connectivity index (χ1n) is 5.95. The van der Waals surface area contributed by atoms with Crippen molar-refractivity contribution in [3.05, 3.63) is 36.2 Å². The molecular formula is C14H23NO3S. The topological polar surface area (TPSA) is 66.4 Å². The number of nitrogens with one attached hydrogen (secondary N) is 1. The Morgan fingerprint density at radius 1 is 1.37 bits per heavy atom. The van der Waals surface area contributed by atoms with Gasteiger partial charge in [0.15, 0.2) is 5.78 Å². The Morgan fingerprint density at radius 2 is 2.00 bits per heavy atom. The summed E-state index contributed by atoms with van der Waals surface area (Å²) in [4.78, 5) is 11.5. The predicted molar refractivity (Wildman–Crippen MR) is 82.6 cm³/mol. The lowest BCUT2D eigenvalue weighted by Crippen LogP contribution is -2.13. The first-order chi connectivity index (χ1) is 8.74. The summed E-state index contributed by atoms with van der Waals surface area (Å²) in [5, 5.41) is 12.9. The molecule has 5 heteroatoms. The van der Waals surface area contributed by atoms with Crippen LogP contribution in [-0.4, -0.2) is 39.6 Å². The van der Waals surface area contributed by atoms with Crippen LogP contribution in [0.5, 0.6) is 0 Å². The highest BCUT2D eigenvalue weighted by atomic mass is 32.2. The Bertz CT molecular complexity index is 487. The normalized spacial score (nSPS) is 12.5. The van der Waals surface area contributed by atoms with Crippen LogP contribution in [0.15, 0.2) is 36.2 Å². The van der Waals surface area contributed by atoms with E-state index in [4.69, 9.17) is 5.11 Å². The molecule has 0 saturated carbocycles. The zero-order chi connectivity index (χ0) is 14.9. The molecule has 0 spiro atoms. The average Bonchev–Trinajstić information content (AvgIpc) is 2.24. The molecule has 0 unspecified atom stereocenters. The van der Waals surface area contributed by atoms with Crippen molar-refractivity contribution in [3.63, 3.8) is 0 Å². The maximum absolute atomic E-state index is 11.5. The van der Waals surface area contributed by atoms with Gasteiger partial charge in [-0.3, -0.25) is 9.00 Å². The van der Waals surface area contributed by atoms with Crippen molar-refractivity contribution in [2.75, 3.05) is 19.1 Å². The molecule has 108 valence electrons. The number of carbonyl (C=O) groups excluding carboxylic acids is 1. The van der Waals surface area contributed by atoms with Crippen LogP contribution in [0.4, 0.5) is 0 Å². The maximum Gasteiger partial charge on any atom is 0.163 e. The molecule has 0 amide bonds. The Morgan fingerprint density at radius 3 is 2.53 bits per heavy atom. The van der Waals surface area contributed by atoms with Gasteiger partial charge in [-0.1, -0.05) is 18.7 Å². The molecule has 0 bridgehead atoms. The largest absolute Gasteiger partial charge is 0.392 e. The van der Waals surface area contributed by atoms with Gasteiger partial charge in [-0.05, 0) is 28.9 Å². The molecule has 0 heterocycles. The summed E-state index contributed by atoms with van der Waals surface area (Å²) in [6, 6.07) is 0. The smallest absolute Gasteiger partial charge is 0.163 e. The molecule has 0 aliphatic heterocycles. The predicted octanol–water partition coefficient (Wildman–Crippen LogP) is 1.24. The molecule has 2 N–H and O–H groups in total. The highest BCUT2D eigenvalue weighted by molar-refractivity contribution is 8.01. The zero-order valence-electron chi connectivity index (χ0n) is 11.8. The summed E-state index contributed by atoms with van der Waals surface area (Å²) in [6.07, 6.45) is 9.03. The van der Waals surface area contributed by atoms with Gasteiger partial charge < -0.3 is 10.4 Å². The quantitative estimate of drug-likeness (QED) is 0.520. The lowest BCUT2D eigenvalue weighted by atomic mass is 10.2. The Balaban J connectivity index is 4.21. The van der Waals surface area contributed by atoms with E-state index in [1.54, 1.807) is 30.7 Å². The summed E-state index contributed by atoms with van der Waals surface area (Å²) >= 11 is 0. The van der Waals surface area contributed by atoms with E-state index < -0.39 is 9.52 Å². The number of carbonyl (C=O) groups is 1. The van der Waals surface area contributed by atoms with Crippen LogP contribution < -0.4 is 5.32 Å². The van der Waals surface area contributed by atoms with E-state index in [1.165, 1.54) is 5.37 Å². The van der Waals surface area contributed by atoms with Crippen LogP contribution >= 0.6 is 0 Å². The van der Waals surface area contributed by atoms with Crippen LogP contribution in [-0.2, 0) is 14.3 Å². The monoisotopic (exact) mass is 285 g/mol. The van der Waals surface area contributed by atoms with Gasteiger partial charge in [-0.2, -0.15) is 0 Å². The fourth-order valence-electron chi connectivity index (χ4n) is 1.31. The molecule has 0 atom stereocenters. The van der Waals surface area contributed by atoms with Crippen molar-refractivity contribution in [1.29, 1.82) is 0 Å². The van der Waals surface area contributed by atoms with Crippen molar-refractivity contribution >= 4 is 20.7 Å². The zero-order valence-corrected chi connectivity index (χ0v) is 12.6. The van der Waals surface area contributed by atoms with Crippen LogP contribution in [0.3, 0.4) is 0 Å². The van der Waals surface area contributed by atoms with E-state index in [0.29, 0.717) is 12.8 Å². The van der Waals surface area contributed by atoms with Gasteiger partial charge >= 0.3 is 0 Å². The minimum atomic E-state index is -2.13. The van der Waals surface area contributed by atoms with E-state index in [0.717, 1.165) is 11.4 Å². The second-order valence-electron chi connectivity index (χ2n) is 4.58. The molecule has 0 aromatic carbocycles. The van der Waals surface area contributed by atoms with Crippen LogP contribution in [0.25, 0.3) is 0 Å². The van der Waals surface area contributed by atoms with E-state index >= 15 is 0 Å². The fourth-order valence-corrected chi connectivity index (χ4v) is 2.06. The Kier molecular flexibility index (Phi) is 8.11. The third kappa shape index (κ3) is 11.5. The summed E-state index contributed by atoms with van der Waals surface area (Å²) in [5.74, 6) is -0.125. The molecule has 0 aliphatic carbocycles. The van der Waals surface area contributed by atoms with E-state index in [-0.39, 0.29) is 12.4 Å². The SMILES string of the molecule is C=C(CCC(=O)C=S(C)(C)=O)N/C(C)=C/C=C\CO. The Hall–Kier alpha value is -1.33. The van der Waals surface area contributed by atoms with Crippen molar-refractivity contribution in [3.8, 4) is 0 Å². The molecule has 0 aromatic rings. The van der Waals surface area contributed by atoms with Gasteiger partial charge in [0, 0.05) is 35.7 Å². The number of hydrogen-bond donors (Lipinski definition) is 2. The first kappa shape index (κ1) is 17.7. The van der Waals surface area contributed by atoms with Gasteiger partial charge in [0.05, 0.1) is 6.61 Å². The number of Topliss-reactive ketones (excluding diaryl/α,β-unsaturated/α-hetero) is 1. The minimum absolute atomic E-state index is 0.00236. The minimum Gasteiger partial charge on any atom is -0.392 e. The molecule has 0 aliphatic rings. The second-order valence-corrected chi connectivity index (χ2v) is 7.44. The first-order valence-corrected chi connectivity index (χ1v) is 8.39. The average molecular weight is 285 g/mol. The molecule has 0 saturated heterocycles.